The van der Waals surface area contributed by atoms with Gasteiger partial charge in [0.25, 0.3) is 0 Å². The molecule has 0 amide bonds. The molecule has 27 heavy (non-hydrogen) atoms. The van der Waals surface area contributed by atoms with Crippen molar-refractivity contribution in [1.29, 1.82) is 0 Å². The Morgan fingerprint density at radius 1 is 1.04 bits per heavy atom. The Hall–Kier alpha value is -2.19. The molecule has 0 unspecified atom stereocenters. The van der Waals surface area contributed by atoms with E-state index in [0.29, 0.717) is 11.8 Å². The zero-order chi connectivity index (χ0) is 17.5. The van der Waals surface area contributed by atoms with Crippen molar-refractivity contribution >= 4 is 24.8 Å². The lowest BCUT2D eigenvalue weighted by Crippen LogP contribution is -2.26. The number of halogens is 2. The Bertz CT molecular complexity index is 797. The highest BCUT2D eigenvalue weighted by Gasteiger charge is 2.10. The second kappa shape index (κ2) is 11.5. The van der Waals surface area contributed by atoms with Crippen LogP contribution in [0, 0.1) is 0 Å². The van der Waals surface area contributed by atoms with E-state index >= 15 is 0 Å². The number of likely N-dealkylation sites (N-methyl/N-ethyl adjacent to an activating group) is 1. The second-order valence-corrected chi connectivity index (χ2v) is 5.94. The molecule has 0 aliphatic carbocycles. The van der Waals surface area contributed by atoms with E-state index in [-0.39, 0.29) is 24.8 Å². The monoisotopic (exact) mass is 410 g/mol. The van der Waals surface area contributed by atoms with Gasteiger partial charge >= 0.3 is 6.01 Å². The van der Waals surface area contributed by atoms with Gasteiger partial charge in [0.1, 0.15) is 5.75 Å². The fraction of sp³-hybridized carbons (Fsp3) is 0.278. The molecule has 2 aromatic carbocycles. The normalized spacial score (nSPS) is 10.2. The Balaban J connectivity index is 0.00000182. The van der Waals surface area contributed by atoms with Gasteiger partial charge in [0.05, 0.1) is 5.69 Å². The molecule has 146 valence electrons. The Kier molecular flexibility index (Phi) is 9.74. The summed E-state index contributed by atoms with van der Waals surface area (Å²) in [6.45, 7) is 2.72. The van der Waals surface area contributed by atoms with Crippen LogP contribution >= 0.6 is 24.8 Å². The van der Waals surface area contributed by atoms with Crippen molar-refractivity contribution < 1.29 is 4.74 Å². The molecule has 0 radical (unpaired) electrons. The van der Waals surface area contributed by atoms with Crippen LogP contribution in [-0.2, 0) is 6.54 Å². The van der Waals surface area contributed by atoms with Crippen molar-refractivity contribution in [3.63, 3.8) is 0 Å². The molecule has 0 fully saturated rings. The number of benzene rings is 2. The first-order chi connectivity index (χ1) is 12.2. The first-order valence-electron chi connectivity index (χ1n) is 8.18. The lowest BCUT2D eigenvalue weighted by atomic mass is 10.2. The fourth-order valence-corrected chi connectivity index (χ4v) is 2.33. The number of rotatable bonds is 8. The number of nitrogens with one attached hydrogen (secondary N) is 1. The maximum atomic E-state index is 5.88. The van der Waals surface area contributed by atoms with Crippen LogP contribution in [0.4, 0.5) is 0 Å². The van der Waals surface area contributed by atoms with Crippen molar-refractivity contribution in [2.75, 3.05) is 27.2 Å². The topological polar surface area (TPSA) is 68.1 Å². The smallest absolute Gasteiger partial charge is 0.345 e. The van der Waals surface area contributed by atoms with Gasteiger partial charge in [-0.15, -0.1) is 24.8 Å². The molecule has 0 saturated heterocycles. The molecular formula is C18H24Cl2N6O. The molecule has 7 nitrogen and oxygen atoms in total. The average Bonchev–Trinajstić information content (AvgIpc) is 3.08. The van der Waals surface area contributed by atoms with E-state index in [2.05, 4.69) is 45.9 Å². The van der Waals surface area contributed by atoms with Gasteiger partial charge < -0.3 is 15.0 Å². The largest absolute Gasteiger partial charge is 0.423 e. The quantitative estimate of drug-likeness (QED) is 0.575. The molecule has 3 aromatic rings. The average molecular weight is 411 g/mol. The summed E-state index contributed by atoms with van der Waals surface area (Å²) in [6.07, 6.45) is 0. The van der Waals surface area contributed by atoms with Crippen LogP contribution in [0.1, 0.15) is 5.56 Å². The summed E-state index contributed by atoms with van der Waals surface area (Å²) in [6, 6.07) is 17.9. The van der Waals surface area contributed by atoms with Gasteiger partial charge in [-0.3, -0.25) is 0 Å². The third kappa shape index (κ3) is 6.80. The Morgan fingerprint density at radius 2 is 1.81 bits per heavy atom. The van der Waals surface area contributed by atoms with Gasteiger partial charge in [-0.1, -0.05) is 35.4 Å². The van der Waals surface area contributed by atoms with Crippen LogP contribution in [0.5, 0.6) is 11.8 Å². The third-order valence-corrected chi connectivity index (χ3v) is 3.61. The summed E-state index contributed by atoms with van der Waals surface area (Å²) in [5, 5.41) is 15.1. The van der Waals surface area contributed by atoms with Gasteiger partial charge in [0.15, 0.2) is 0 Å². The van der Waals surface area contributed by atoms with Crippen LogP contribution in [0.3, 0.4) is 0 Å². The number of para-hydroxylation sites is 1. The fourth-order valence-electron chi connectivity index (χ4n) is 2.33. The zero-order valence-corrected chi connectivity index (χ0v) is 16.9. The number of tetrazole rings is 1. The number of nitrogens with zero attached hydrogens (tertiary/aromatic N) is 5. The highest BCUT2D eigenvalue weighted by molar-refractivity contribution is 5.85. The summed E-state index contributed by atoms with van der Waals surface area (Å²) in [7, 11) is 4.13. The molecule has 1 N–H and O–H groups in total. The zero-order valence-electron chi connectivity index (χ0n) is 15.3. The van der Waals surface area contributed by atoms with Gasteiger partial charge in [0.2, 0.25) is 0 Å². The summed E-state index contributed by atoms with van der Waals surface area (Å²) in [4.78, 5) is 2.15. The molecule has 3 rings (SSSR count). The number of hydrogen-bond donors (Lipinski definition) is 1. The minimum absolute atomic E-state index is 0. The lowest BCUT2D eigenvalue weighted by molar-refractivity contribution is 0.399. The molecule has 0 atom stereocenters. The Labute approximate surface area is 171 Å². The first kappa shape index (κ1) is 22.9. The highest BCUT2D eigenvalue weighted by atomic mass is 35.5. The highest BCUT2D eigenvalue weighted by Crippen LogP contribution is 2.21. The van der Waals surface area contributed by atoms with Gasteiger partial charge in [-0.2, -0.15) is 4.68 Å². The van der Waals surface area contributed by atoms with E-state index < -0.39 is 0 Å². The van der Waals surface area contributed by atoms with Crippen LogP contribution in [0.2, 0.25) is 0 Å². The first-order valence-corrected chi connectivity index (χ1v) is 8.18. The van der Waals surface area contributed by atoms with Crippen molar-refractivity contribution in [1.82, 2.24) is 30.4 Å². The molecule has 0 bridgehead atoms. The van der Waals surface area contributed by atoms with E-state index in [4.69, 9.17) is 4.74 Å². The van der Waals surface area contributed by atoms with Crippen molar-refractivity contribution in [3.8, 4) is 17.4 Å². The number of ether oxygens (including phenoxy) is 1. The van der Waals surface area contributed by atoms with E-state index in [1.54, 1.807) is 4.68 Å². The van der Waals surface area contributed by atoms with E-state index in [1.807, 2.05) is 48.5 Å². The summed E-state index contributed by atoms with van der Waals surface area (Å²) < 4.78 is 7.45. The second-order valence-electron chi connectivity index (χ2n) is 5.94. The minimum atomic E-state index is 0. The summed E-state index contributed by atoms with van der Waals surface area (Å²) in [5.74, 6) is 0.707. The third-order valence-electron chi connectivity index (χ3n) is 3.61. The number of aromatic nitrogens is 4. The molecule has 9 heteroatoms. The molecule has 1 aromatic heterocycles. The van der Waals surface area contributed by atoms with Crippen molar-refractivity contribution in [2.45, 2.75) is 6.54 Å². The molecule has 1 heterocycles. The van der Waals surface area contributed by atoms with Gasteiger partial charge in [-0.05, 0) is 54.4 Å². The van der Waals surface area contributed by atoms with Crippen LogP contribution < -0.4 is 10.1 Å². The van der Waals surface area contributed by atoms with Crippen LogP contribution in [-0.4, -0.2) is 52.3 Å². The predicted octanol–water partition coefficient (Wildman–Crippen LogP) is 2.95. The van der Waals surface area contributed by atoms with E-state index in [1.165, 1.54) is 0 Å². The molecular weight excluding hydrogens is 387 g/mol. The number of hydrogen-bond acceptors (Lipinski definition) is 6. The minimum Gasteiger partial charge on any atom is -0.423 e. The lowest BCUT2D eigenvalue weighted by Gasteiger charge is -2.11. The van der Waals surface area contributed by atoms with Crippen molar-refractivity contribution in [3.05, 3.63) is 60.2 Å². The summed E-state index contributed by atoms with van der Waals surface area (Å²) in [5.41, 5.74) is 2.00. The van der Waals surface area contributed by atoms with E-state index in [9.17, 15) is 0 Å². The molecule has 0 spiro atoms. The van der Waals surface area contributed by atoms with Gasteiger partial charge in [-0.25, -0.2) is 0 Å². The Morgan fingerprint density at radius 3 is 2.56 bits per heavy atom. The van der Waals surface area contributed by atoms with Gasteiger partial charge in [0, 0.05) is 19.6 Å². The standard InChI is InChI=1S/C18H22N6O.2ClH/c1-23(2)12-11-19-14-15-7-6-10-17(13-15)25-18-20-21-22-24(18)16-8-4-3-5-9-16;;/h3-10,13,19H,11-12,14H2,1-2H3;2*1H. The maximum Gasteiger partial charge on any atom is 0.345 e. The van der Waals surface area contributed by atoms with E-state index in [0.717, 1.165) is 30.9 Å². The van der Waals surface area contributed by atoms with Crippen LogP contribution in [0.15, 0.2) is 54.6 Å². The predicted molar refractivity (Wildman–Crippen MR) is 110 cm³/mol. The maximum absolute atomic E-state index is 5.88. The molecule has 0 aliphatic rings. The molecule has 0 aliphatic heterocycles. The van der Waals surface area contributed by atoms with Crippen molar-refractivity contribution in [2.24, 2.45) is 0 Å². The SMILES string of the molecule is CN(C)CCNCc1cccc(Oc2nnnn2-c2ccccc2)c1.Cl.Cl. The summed E-state index contributed by atoms with van der Waals surface area (Å²) >= 11 is 0. The van der Waals surface area contributed by atoms with Crippen LogP contribution in [0.25, 0.3) is 5.69 Å². The molecule has 0 saturated carbocycles.